The lowest BCUT2D eigenvalue weighted by Gasteiger charge is -2.15. The van der Waals surface area contributed by atoms with Crippen molar-refractivity contribution in [2.45, 2.75) is 25.6 Å². The Morgan fingerprint density at radius 3 is 2.59 bits per heavy atom. The van der Waals surface area contributed by atoms with E-state index >= 15 is 0 Å². The van der Waals surface area contributed by atoms with E-state index in [-0.39, 0.29) is 0 Å². The molecule has 0 saturated carbocycles. The molecule has 0 heterocycles. The standard InChI is InChI=1S/C15H19NO/c1-17-12-14-9-7-13(8-10-14)11-16-15-5-3-2-4-6-15/h2-5,7-10,15-16H,6,11-12H2,1H3. The SMILES string of the molecule is COCc1ccc(CNC2C=CC=CC2)cc1. The number of rotatable bonds is 5. The van der Waals surface area contributed by atoms with Gasteiger partial charge in [0.1, 0.15) is 0 Å². The van der Waals surface area contributed by atoms with Gasteiger partial charge in [-0.15, -0.1) is 0 Å². The van der Waals surface area contributed by atoms with Gasteiger partial charge in [0.2, 0.25) is 0 Å². The lowest BCUT2D eigenvalue weighted by molar-refractivity contribution is 0.185. The fraction of sp³-hybridized carbons (Fsp3) is 0.333. The highest BCUT2D eigenvalue weighted by Crippen LogP contribution is 2.07. The zero-order valence-electron chi connectivity index (χ0n) is 10.2. The quantitative estimate of drug-likeness (QED) is 0.838. The summed E-state index contributed by atoms with van der Waals surface area (Å²) in [6, 6.07) is 9.03. The van der Waals surface area contributed by atoms with Crippen molar-refractivity contribution < 1.29 is 4.74 Å². The molecule has 1 aromatic carbocycles. The van der Waals surface area contributed by atoms with Gasteiger partial charge < -0.3 is 10.1 Å². The van der Waals surface area contributed by atoms with E-state index in [1.54, 1.807) is 7.11 Å². The van der Waals surface area contributed by atoms with E-state index < -0.39 is 0 Å². The van der Waals surface area contributed by atoms with Gasteiger partial charge in [-0.3, -0.25) is 0 Å². The van der Waals surface area contributed by atoms with Crippen LogP contribution >= 0.6 is 0 Å². The van der Waals surface area contributed by atoms with Gasteiger partial charge in [0.15, 0.2) is 0 Å². The predicted octanol–water partition coefficient (Wildman–Crippen LogP) is 2.81. The predicted molar refractivity (Wildman–Crippen MR) is 70.7 cm³/mol. The van der Waals surface area contributed by atoms with Gasteiger partial charge in [-0.05, 0) is 17.5 Å². The molecule has 1 aliphatic rings. The molecule has 0 aliphatic heterocycles. The summed E-state index contributed by atoms with van der Waals surface area (Å²) in [5, 5.41) is 3.52. The second-order valence-electron chi connectivity index (χ2n) is 4.29. The summed E-state index contributed by atoms with van der Waals surface area (Å²) >= 11 is 0. The maximum absolute atomic E-state index is 5.09. The molecule has 2 rings (SSSR count). The minimum absolute atomic E-state index is 0.471. The van der Waals surface area contributed by atoms with Crippen LogP contribution in [0.25, 0.3) is 0 Å². The Morgan fingerprint density at radius 2 is 1.94 bits per heavy atom. The van der Waals surface area contributed by atoms with Gasteiger partial charge in [-0.25, -0.2) is 0 Å². The Hall–Kier alpha value is -1.38. The fourth-order valence-corrected chi connectivity index (χ4v) is 1.90. The smallest absolute Gasteiger partial charge is 0.0713 e. The zero-order valence-corrected chi connectivity index (χ0v) is 10.2. The number of hydrogen-bond donors (Lipinski definition) is 1. The molecule has 0 amide bonds. The molecular formula is C15H19NO. The minimum Gasteiger partial charge on any atom is -0.380 e. The summed E-state index contributed by atoms with van der Waals surface area (Å²) in [4.78, 5) is 0. The number of methoxy groups -OCH3 is 1. The molecule has 0 aromatic heterocycles. The van der Waals surface area contributed by atoms with Crippen molar-refractivity contribution in [3.8, 4) is 0 Å². The van der Waals surface area contributed by atoms with Gasteiger partial charge in [0.05, 0.1) is 6.61 Å². The first-order valence-electron chi connectivity index (χ1n) is 6.02. The molecule has 1 aromatic rings. The summed E-state index contributed by atoms with van der Waals surface area (Å²) in [5.74, 6) is 0. The average molecular weight is 229 g/mol. The van der Waals surface area contributed by atoms with Gasteiger partial charge in [0, 0.05) is 19.7 Å². The van der Waals surface area contributed by atoms with Gasteiger partial charge in [-0.1, -0.05) is 48.6 Å². The Bertz CT molecular complexity index is 392. The van der Waals surface area contributed by atoms with E-state index in [0.29, 0.717) is 12.6 Å². The highest BCUT2D eigenvalue weighted by atomic mass is 16.5. The van der Waals surface area contributed by atoms with Crippen molar-refractivity contribution in [3.63, 3.8) is 0 Å². The molecule has 0 spiro atoms. The number of benzene rings is 1. The monoisotopic (exact) mass is 229 g/mol. The second-order valence-corrected chi connectivity index (χ2v) is 4.29. The summed E-state index contributed by atoms with van der Waals surface area (Å²) in [5.41, 5.74) is 2.53. The molecule has 90 valence electrons. The van der Waals surface area contributed by atoms with Crippen LogP contribution in [-0.4, -0.2) is 13.2 Å². The van der Waals surface area contributed by atoms with E-state index in [1.165, 1.54) is 11.1 Å². The number of ether oxygens (including phenoxy) is 1. The van der Waals surface area contributed by atoms with Crippen LogP contribution in [0.2, 0.25) is 0 Å². The Balaban J connectivity index is 1.82. The molecule has 1 N–H and O–H groups in total. The van der Waals surface area contributed by atoms with Gasteiger partial charge in [0.25, 0.3) is 0 Å². The molecule has 17 heavy (non-hydrogen) atoms. The van der Waals surface area contributed by atoms with Crippen LogP contribution in [0.4, 0.5) is 0 Å². The lowest BCUT2D eigenvalue weighted by atomic mass is 10.1. The third-order valence-electron chi connectivity index (χ3n) is 2.88. The van der Waals surface area contributed by atoms with Crippen LogP contribution in [0, 0.1) is 0 Å². The number of nitrogens with one attached hydrogen (secondary N) is 1. The fourth-order valence-electron chi connectivity index (χ4n) is 1.90. The van der Waals surface area contributed by atoms with Crippen molar-refractivity contribution in [3.05, 3.63) is 59.7 Å². The highest BCUT2D eigenvalue weighted by Gasteiger charge is 2.03. The van der Waals surface area contributed by atoms with Crippen LogP contribution in [-0.2, 0) is 17.9 Å². The molecule has 1 atom stereocenters. The van der Waals surface area contributed by atoms with E-state index in [1.807, 2.05) is 0 Å². The van der Waals surface area contributed by atoms with Crippen molar-refractivity contribution in [2.75, 3.05) is 7.11 Å². The largest absolute Gasteiger partial charge is 0.380 e. The number of allylic oxidation sites excluding steroid dienone is 2. The molecule has 0 radical (unpaired) electrons. The molecular weight excluding hydrogens is 210 g/mol. The third kappa shape index (κ3) is 3.84. The lowest BCUT2D eigenvalue weighted by Crippen LogP contribution is -2.26. The number of hydrogen-bond acceptors (Lipinski definition) is 2. The maximum Gasteiger partial charge on any atom is 0.0713 e. The van der Waals surface area contributed by atoms with E-state index in [0.717, 1.165) is 13.0 Å². The molecule has 2 heteroatoms. The van der Waals surface area contributed by atoms with Gasteiger partial charge >= 0.3 is 0 Å². The summed E-state index contributed by atoms with van der Waals surface area (Å²) < 4.78 is 5.09. The van der Waals surface area contributed by atoms with Crippen LogP contribution in [0.3, 0.4) is 0 Å². The maximum atomic E-state index is 5.09. The normalized spacial score (nSPS) is 18.5. The summed E-state index contributed by atoms with van der Waals surface area (Å²) in [7, 11) is 1.72. The Labute approximate surface area is 103 Å². The molecule has 0 bridgehead atoms. The highest BCUT2D eigenvalue weighted by molar-refractivity contribution is 5.22. The molecule has 1 aliphatic carbocycles. The molecule has 1 unspecified atom stereocenters. The topological polar surface area (TPSA) is 21.3 Å². The third-order valence-corrected chi connectivity index (χ3v) is 2.88. The zero-order chi connectivity index (χ0) is 11.9. The van der Waals surface area contributed by atoms with Crippen molar-refractivity contribution in [1.82, 2.24) is 5.32 Å². The molecule has 0 saturated heterocycles. The second kappa shape index (κ2) is 6.38. The first-order chi connectivity index (χ1) is 8.38. The summed E-state index contributed by atoms with van der Waals surface area (Å²) in [6.07, 6.45) is 9.68. The van der Waals surface area contributed by atoms with E-state index in [9.17, 15) is 0 Å². The first-order valence-corrected chi connectivity index (χ1v) is 6.02. The van der Waals surface area contributed by atoms with Crippen LogP contribution < -0.4 is 5.32 Å². The first kappa shape index (κ1) is 12.1. The van der Waals surface area contributed by atoms with Gasteiger partial charge in [-0.2, -0.15) is 0 Å². The minimum atomic E-state index is 0.471. The van der Waals surface area contributed by atoms with E-state index in [2.05, 4.69) is 53.9 Å². The van der Waals surface area contributed by atoms with Crippen molar-refractivity contribution in [2.24, 2.45) is 0 Å². The Morgan fingerprint density at radius 1 is 1.18 bits per heavy atom. The molecule has 0 fully saturated rings. The molecule has 2 nitrogen and oxygen atoms in total. The van der Waals surface area contributed by atoms with Crippen molar-refractivity contribution >= 4 is 0 Å². The van der Waals surface area contributed by atoms with Crippen LogP contribution in [0.1, 0.15) is 17.5 Å². The average Bonchev–Trinajstić information content (AvgIpc) is 2.40. The van der Waals surface area contributed by atoms with Crippen LogP contribution in [0.5, 0.6) is 0 Å². The Kier molecular flexibility index (Phi) is 4.54. The summed E-state index contributed by atoms with van der Waals surface area (Å²) in [6.45, 7) is 1.60. The van der Waals surface area contributed by atoms with Crippen LogP contribution in [0.15, 0.2) is 48.6 Å². The van der Waals surface area contributed by atoms with E-state index in [4.69, 9.17) is 4.74 Å². The van der Waals surface area contributed by atoms with Crippen molar-refractivity contribution in [1.29, 1.82) is 0 Å².